The Kier molecular flexibility index (Phi) is 38.2. The second kappa shape index (κ2) is 19.9. The molecule has 24 heteroatoms. The maximum absolute atomic E-state index is 9.37. The van der Waals surface area contributed by atoms with E-state index in [-0.39, 0.29) is 128 Å². The van der Waals surface area contributed by atoms with Crippen molar-refractivity contribution in [3.8, 4) is 0 Å². The van der Waals surface area contributed by atoms with Crippen molar-refractivity contribution in [2.24, 2.45) is 0 Å². The van der Waals surface area contributed by atoms with Crippen molar-refractivity contribution < 1.29 is 197 Å². The van der Waals surface area contributed by atoms with E-state index in [0.717, 1.165) is 0 Å². The van der Waals surface area contributed by atoms with Crippen molar-refractivity contribution >= 4 is 41.6 Å². The number of rotatable bonds is 3. The summed E-state index contributed by atoms with van der Waals surface area (Å²) in [5.41, 5.74) is 0. The third-order valence-electron chi connectivity index (χ3n) is 0.194. The maximum Gasteiger partial charge on any atom is 2.00 e. The molecule has 24 heavy (non-hydrogen) atoms. The van der Waals surface area contributed by atoms with Gasteiger partial charge in [0.05, 0.1) is 0 Å². The number of hydrogen-bond donors (Lipinski definition) is 1. The Balaban J connectivity index is -0.0000000362. The standard InChI is InChI=1S/Fe.K.2Na.H2O8S2.2H2O4S/c;;;;1-9(2,3)7-8-10(4,5)6;2*1-5(2,3)4/h;;;;(H,1,2,3)(H,4,5,6);2*(H2,1,2,3,4)/q+2;3*+1;;;/p-5. The van der Waals surface area contributed by atoms with Gasteiger partial charge in [0.2, 0.25) is 31.2 Å². The molecule has 0 aromatic rings. The molecule has 0 radical (unpaired) electrons. The van der Waals surface area contributed by atoms with Crippen LogP contribution in [0.2, 0.25) is 0 Å². The molecule has 0 saturated heterocycles. The minimum atomic E-state index is -5.31. The molecule has 0 rings (SSSR count). The van der Waals surface area contributed by atoms with Gasteiger partial charge in [0.1, 0.15) is 0 Å². The van der Waals surface area contributed by atoms with Gasteiger partial charge in [-0.1, -0.05) is 0 Å². The summed E-state index contributed by atoms with van der Waals surface area (Å²) in [4.78, 5) is 0. The van der Waals surface area contributed by atoms with Gasteiger partial charge in [0.25, 0.3) is 0 Å². The van der Waals surface area contributed by atoms with E-state index in [2.05, 4.69) is 8.67 Å². The van der Waals surface area contributed by atoms with Gasteiger partial charge in [0.15, 0.2) is 0 Å². The van der Waals surface area contributed by atoms with Crippen LogP contribution in [0, 0.1) is 0 Å². The van der Waals surface area contributed by atoms with E-state index in [4.69, 9.17) is 35.0 Å². The molecule has 0 aliphatic rings. The molecule has 0 heterocycles. The van der Waals surface area contributed by atoms with Crippen LogP contribution in [0.3, 0.4) is 0 Å². The van der Waals surface area contributed by atoms with Crippen molar-refractivity contribution in [2.75, 3.05) is 0 Å². The molecular weight excluding hydrogens is 525 g/mol. The summed E-state index contributed by atoms with van der Waals surface area (Å²) in [6.45, 7) is 0. The molecule has 0 spiro atoms. The van der Waals surface area contributed by atoms with E-state index in [1.54, 1.807) is 0 Å². The SMILES string of the molecule is O=S(=O)([O-])O.O=S(=O)([O-])OOS(=O)(=O)[O-].O=S(=O)([O-])[O-].[Fe+2].[K+].[Na+].[Na+]. The Morgan fingerprint density at radius 2 is 0.708 bits per heavy atom. The first-order valence-corrected chi connectivity index (χ1v) is 8.21. The molecule has 0 atom stereocenters. The van der Waals surface area contributed by atoms with E-state index in [0.29, 0.717) is 0 Å². The monoisotopic (exact) mass is 526 g/mol. The van der Waals surface area contributed by atoms with Gasteiger partial charge in [0, 0.05) is 10.4 Å². The molecule has 0 fully saturated rings. The molecule has 16 nitrogen and oxygen atoms in total. The van der Waals surface area contributed by atoms with Crippen molar-refractivity contribution in [1.29, 1.82) is 0 Å². The molecule has 0 aromatic carbocycles. The fourth-order valence-corrected chi connectivity index (χ4v) is 0.612. The van der Waals surface area contributed by atoms with Crippen LogP contribution >= 0.6 is 0 Å². The zero-order valence-corrected chi connectivity index (χ0v) is 23.1. The maximum atomic E-state index is 9.37. The molecule has 0 bridgehead atoms. The van der Waals surface area contributed by atoms with Crippen LogP contribution in [-0.2, 0) is 67.3 Å². The fraction of sp³-hybridized carbons (Fsp3) is 0. The summed E-state index contributed by atoms with van der Waals surface area (Å²) in [5.74, 6) is 0. The molecule has 1 N–H and O–H groups in total. The Morgan fingerprint density at radius 3 is 0.750 bits per heavy atom. The third kappa shape index (κ3) is 138. The molecule has 0 aromatic heterocycles. The number of hydrogen-bond acceptors (Lipinski definition) is 15. The summed E-state index contributed by atoms with van der Waals surface area (Å²) in [6, 6.07) is 0. The van der Waals surface area contributed by atoms with Crippen LogP contribution in [0.5, 0.6) is 0 Å². The van der Waals surface area contributed by atoms with Crippen LogP contribution in [0.1, 0.15) is 0 Å². The Morgan fingerprint density at radius 1 is 0.625 bits per heavy atom. The van der Waals surface area contributed by atoms with E-state index >= 15 is 0 Å². The van der Waals surface area contributed by atoms with E-state index < -0.39 is 41.6 Å². The zero-order chi connectivity index (χ0) is 17.4. The van der Waals surface area contributed by atoms with Crippen molar-refractivity contribution in [2.45, 2.75) is 0 Å². The van der Waals surface area contributed by atoms with Crippen LogP contribution in [-0.4, -0.2) is 61.0 Å². The van der Waals surface area contributed by atoms with E-state index in [9.17, 15) is 25.9 Å². The summed E-state index contributed by atoms with van der Waals surface area (Å²) < 4.78 is 128. The summed E-state index contributed by atoms with van der Waals surface area (Å²) >= 11 is 0. The Labute approximate surface area is 234 Å². The molecule has 0 saturated carbocycles. The Bertz CT molecular complexity index is 592. The second-order valence-corrected chi connectivity index (χ2v) is 5.37. The molecule has 0 unspecified atom stereocenters. The third-order valence-corrected chi connectivity index (χ3v) is 0.750. The van der Waals surface area contributed by atoms with Gasteiger partial charge in [-0.05, 0) is 0 Å². The first kappa shape index (κ1) is 46.0. The summed E-state index contributed by atoms with van der Waals surface area (Å²) in [7, 11) is -20.7. The predicted molar refractivity (Wildman–Crippen MR) is 44.4 cm³/mol. The molecule has 0 aliphatic heterocycles. The minimum absolute atomic E-state index is 0. The average molecular weight is 526 g/mol. The first-order chi connectivity index (χ1) is 8.21. The average Bonchev–Trinajstić information content (AvgIpc) is 1.90. The van der Waals surface area contributed by atoms with Gasteiger partial charge in [-0.15, -0.1) is 8.67 Å². The van der Waals surface area contributed by atoms with Crippen molar-refractivity contribution in [3.05, 3.63) is 0 Å². The van der Waals surface area contributed by atoms with Crippen molar-refractivity contribution in [1.82, 2.24) is 0 Å². The molecule has 132 valence electrons. The fourth-order valence-electron chi connectivity index (χ4n) is 0.0680. The van der Waals surface area contributed by atoms with E-state index in [1.807, 2.05) is 0 Å². The molecule has 0 aliphatic carbocycles. The van der Waals surface area contributed by atoms with E-state index in [1.165, 1.54) is 0 Å². The van der Waals surface area contributed by atoms with Crippen molar-refractivity contribution in [3.63, 3.8) is 0 Å². The Hall–Kier alpha value is 3.64. The van der Waals surface area contributed by atoms with Gasteiger partial charge < -0.3 is 22.8 Å². The second-order valence-electron chi connectivity index (χ2n) is 1.79. The molecule has 0 amide bonds. The van der Waals surface area contributed by atoms with Gasteiger partial charge in [-0.25, -0.2) is 25.3 Å². The summed E-state index contributed by atoms with van der Waals surface area (Å²) in [6.07, 6.45) is 0. The summed E-state index contributed by atoms with van der Waals surface area (Å²) in [5, 5.41) is 0. The quantitative estimate of drug-likeness (QED) is 0.117. The van der Waals surface area contributed by atoms with Gasteiger partial charge in [-0.2, -0.15) is 0 Å². The molecular formula is HFeKNa2O16S4. The van der Waals surface area contributed by atoms with Gasteiger partial charge in [-0.3, -0.25) is 13.0 Å². The smallest absolute Gasteiger partial charge is 0.759 e. The van der Waals surface area contributed by atoms with Crippen LogP contribution in [0.4, 0.5) is 0 Å². The minimum Gasteiger partial charge on any atom is -0.759 e. The largest absolute Gasteiger partial charge is 2.00 e. The first-order valence-electron chi connectivity index (χ1n) is 2.85. The predicted octanol–water partition coefficient (Wildman–Crippen LogP) is -13.5. The zero-order valence-electron chi connectivity index (χ0n) is 11.6. The topological polar surface area (TPSA) is 291 Å². The van der Waals surface area contributed by atoms with Gasteiger partial charge >= 0.3 is 128 Å². The van der Waals surface area contributed by atoms with Crippen LogP contribution in [0.25, 0.3) is 0 Å². The van der Waals surface area contributed by atoms with Crippen LogP contribution < -0.4 is 110 Å². The normalized spacial score (nSPS) is 10.4. The van der Waals surface area contributed by atoms with Crippen LogP contribution in [0.15, 0.2) is 0 Å².